The lowest BCUT2D eigenvalue weighted by Crippen LogP contribution is -2.38. The van der Waals surface area contributed by atoms with Crippen molar-refractivity contribution in [1.29, 1.82) is 0 Å². The number of sulfonamides is 1. The molecule has 0 aliphatic heterocycles. The maximum Gasteiger partial charge on any atom is 0.264 e. The van der Waals surface area contributed by atoms with Crippen LogP contribution in [-0.4, -0.2) is 41.7 Å². The summed E-state index contributed by atoms with van der Waals surface area (Å²) in [6.07, 6.45) is 0. The number of ether oxygens (including phenoxy) is 3. The third-order valence-electron chi connectivity index (χ3n) is 4.79. The molecule has 0 spiro atoms. The Morgan fingerprint density at radius 2 is 1.59 bits per heavy atom. The van der Waals surface area contributed by atoms with Gasteiger partial charge in [-0.15, -0.1) is 0 Å². The summed E-state index contributed by atoms with van der Waals surface area (Å²) in [6, 6.07) is 15.6. The molecule has 34 heavy (non-hydrogen) atoms. The van der Waals surface area contributed by atoms with Crippen molar-refractivity contribution in [2.75, 3.05) is 37.0 Å². The maximum atomic E-state index is 13.5. The van der Waals surface area contributed by atoms with Gasteiger partial charge in [0.1, 0.15) is 18.1 Å². The lowest BCUT2D eigenvalue weighted by molar-refractivity contribution is -0.114. The third kappa shape index (κ3) is 5.76. The Bertz CT molecular complexity index is 1230. The molecule has 0 saturated heterocycles. The van der Waals surface area contributed by atoms with Crippen LogP contribution in [0.5, 0.6) is 17.2 Å². The van der Waals surface area contributed by atoms with Crippen LogP contribution in [0.4, 0.5) is 15.8 Å². The first kappa shape index (κ1) is 24.8. The van der Waals surface area contributed by atoms with Gasteiger partial charge < -0.3 is 19.5 Å². The monoisotopic (exact) mass is 488 g/mol. The van der Waals surface area contributed by atoms with Crippen molar-refractivity contribution in [3.05, 3.63) is 72.5 Å². The number of hydrogen-bond donors (Lipinski definition) is 1. The van der Waals surface area contributed by atoms with Crippen LogP contribution in [0.3, 0.4) is 0 Å². The fourth-order valence-electron chi connectivity index (χ4n) is 3.16. The third-order valence-corrected chi connectivity index (χ3v) is 6.56. The highest BCUT2D eigenvalue weighted by molar-refractivity contribution is 7.92. The molecule has 0 aliphatic carbocycles. The molecule has 8 nitrogen and oxygen atoms in total. The first-order valence-corrected chi connectivity index (χ1v) is 11.8. The smallest absolute Gasteiger partial charge is 0.264 e. The average Bonchev–Trinajstić information content (AvgIpc) is 2.84. The molecule has 3 rings (SSSR count). The van der Waals surface area contributed by atoms with E-state index >= 15 is 0 Å². The summed E-state index contributed by atoms with van der Waals surface area (Å²) in [6.45, 7) is 1.82. The van der Waals surface area contributed by atoms with E-state index in [-0.39, 0.29) is 16.3 Å². The number of anilines is 2. The van der Waals surface area contributed by atoms with Gasteiger partial charge in [-0.05, 0) is 67.6 Å². The second kappa shape index (κ2) is 10.9. The minimum Gasteiger partial charge on any atom is -0.494 e. The first-order valence-electron chi connectivity index (χ1n) is 10.3. The van der Waals surface area contributed by atoms with Crippen molar-refractivity contribution >= 4 is 27.3 Å². The van der Waals surface area contributed by atoms with Crippen molar-refractivity contribution in [3.8, 4) is 17.2 Å². The van der Waals surface area contributed by atoms with Gasteiger partial charge in [0.05, 0.1) is 31.4 Å². The Kier molecular flexibility index (Phi) is 7.95. The number of hydrogen-bond acceptors (Lipinski definition) is 6. The Morgan fingerprint density at radius 3 is 2.18 bits per heavy atom. The van der Waals surface area contributed by atoms with Crippen LogP contribution in [0, 0.1) is 5.82 Å². The van der Waals surface area contributed by atoms with Gasteiger partial charge in [0.2, 0.25) is 5.91 Å². The molecule has 10 heteroatoms. The second-order valence-corrected chi connectivity index (χ2v) is 8.87. The number of methoxy groups -OCH3 is 2. The Balaban J connectivity index is 1.92. The van der Waals surface area contributed by atoms with Crippen LogP contribution in [0.2, 0.25) is 0 Å². The lowest BCUT2D eigenvalue weighted by atomic mass is 10.3. The SMILES string of the molecule is CCOc1ccc(NC(=O)CN(c2ccc(F)cc2)S(=O)(=O)c2ccc(OC)c(OC)c2)cc1. The molecule has 0 heterocycles. The molecule has 0 fully saturated rings. The number of halogens is 1. The van der Waals surface area contributed by atoms with E-state index in [0.29, 0.717) is 23.8 Å². The van der Waals surface area contributed by atoms with E-state index in [0.717, 1.165) is 16.4 Å². The van der Waals surface area contributed by atoms with Crippen molar-refractivity contribution in [2.24, 2.45) is 0 Å². The normalized spacial score (nSPS) is 10.9. The van der Waals surface area contributed by atoms with E-state index < -0.39 is 28.3 Å². The summed E-state index contributed by atoms with van der Waals surface area (Å²) in [4.78, 5) is 12.7. The Labute approximate surface area is 197 Å². The maximum absolute atomic E-state index is 13.5. The minimum atomic E-state index is -4.23. The number of benzene rings is 3. The Morgan fingerprint density at radius 1 is 0.941 bits per heavy atom. The molecule has 0 saturated carbocycles. The van der Waals surface area contributed by atoms with Crippen LogP contribution in [0.1, 0.15) is 6.92 Å². The predicted octanol–water partition coefficient (Wildman–Crippen LogP) is 4.08. The highest BCUT2D eigenvalue weighted by atomic mass is 32.2. The molecular formula is C24H25FN2O6S. The van der Waals surface area contributed by atoms with Crippen LogP contribution in [0.15, 0.2) is 71.6 Å². The highest BCUT2D eigenvalue weighted by Crippen LogP contribution is 2.32. The molecular weight excluding hydrogens is 463 g/mol. The van der Waals surface area contributed by atoms with Crippen molar-refractivity contribution in [1.82, 2.24) is 0 Å². The van der Waals surface area contributed by atoms with E-state index in [4.69, 9.17) is 14.2 Å². The van der Waals surface area contributed by atoms with Crippen LogP contribution >= 0.6 is 0 Å². The molecule has 0 bridgehead atoms. The topological polar surface area (TPSA) is 94.2 Å². The molecule has 0 aliphatic rings. The summed E-state index contributed by atoms with van der Waals surface area (Å²) in [5.74, 6) is 0.0811. The molecule has 180 valence electrons. The van der Waals surface area contributed by atoms with Gasteiger partial charge in [-0.2, -0.15) is 0 Å². The summed E-state index contributed by atoms with van der Waals surface area (Å²) in [5.41, 5.74) is 0.592. The zero-order chi connectivity index (χ0) is 24.7. The number of amides is 1. The fourth-order valence-corrected chi connectivity index (χ4v) is 4.60. The van der Waals surface area contributed by atoms with Gasteiger partial charge in [-0.25, -0.2) is 12.8 Å². The molecule has 1 amide bonds. The molecule has 0 aromatic heterocycles. The standard InChI is InChI=1S/C24H25FN2O6S/c1-4-33-20-11-7-18(8-12-20)26-24(28)16-27(19-9-5-17(25)6-10-19)34(29,30)21-13-14-22(31-2)23(15-21)32-3/h5-15H,4,16H2,1-3H3,(H,26,28). The van der Waals surface area contributed by atoms with Crippen LogP contribution in [-0.2, 0) is 14.8 Å². The van der Waals surface area contributed by atoms with E-state index in [1.165, 1.54) is 44.6 Å². The Hall–Kier alpha value is -3.79. The van der Waals surface area contributed by atoms with Crippen LogP contribution in [0.25, 0.3) is 0 Å². The molecule has 0 atom stereocenters. The number of rotatable bonds is 10. The van der Waals surface area contributed by atoms with Gasteiger partial charge in [-0.1, -0.05) is 0 Å². The van der Waals surface area contributed by atoms with E-state index in [2.05, 4.69) is 5.32 Å². The average molecular weight is 489 g/mol. The van der Waals surface area contributed by atoms with E-state index in [1.54, 1.807) is 24.3 Å². The summed E-state index contributed by atoms with van der Waals surface area (Å²) in [7, 11) is -1.41. The zero-order valence-electron chi connectivity index (χ0n) is 18.9. The van der Waals surface area contributed by atoms with E-state index in [9.17, 15) is 17.6 Å². The molecule has 3 aromatic carbocycles. The molecule has 0 radical (unpaired) electrons. The number of nitrogens with zero attached hydrogens (tertiary/aromatic N) is 1. The van der Waals surface area contributed by atoms with E-state index in [1.807, 2.05) is 6.92 Å². The number of carbonyl (C=O) groups is 1. The predicted molar refractivity (Wildman–Crippen MR) is 127 cm³/mol. The second-order valence-electron chi connectivity index (χ2n) is 7.01. The van der Waals surface area contributed by atoms with Crippen molar-refractivity contribution in [2.45, 2.75) is 11.8 Å². The summed E-state index contributed by atoms with van der Waals surface area (Å²) in [5, 5.41) is 2.67. The van der Waals surface area contributed by atoms with Crippen molar-refractivity contribution < 1.29 is 31.8 Å². The fraction of sp³-hybridized carbons (Fsp3) is 0.208. The highest BCUT2D eigenvalue weighted by Gasteiger charge is 2.28. The molecule has 1 N–H and O–H groups in total. The van der Waals surface area contributed by atoms with Gasteiger partial charge in [0.25, 0.3) is 10.0 Å². The van der Waals surface area contributed by atoms with Gasteiger partial charge >= 0.3 is 0 Å². The number of nitrogens with one attached hydrogen (secondary N) is 1. The van der Waals surface area contributed by atoms with Gasteiger partial charge in [0.15, 0.2) is 11.5 Å². The molecule has 0 unspecified atom stereocenters. The van der Waals surface area contributed by atoms with Crippen molar-refractivity contribution in [3.63, 3.8) is 0 Å². The first-order chi connectivity index (χ1) is 16.3. The quantitative estimate of drug-likeness (QED) is 0.462. The zero-order valence-corrected chi connectivity index (χ0v) is 19.8. The van der Waals surface area contributed by atoms with Gasteiger partial charge in [0, 0.05) is 11.8 Å². The summed E-state index contributed by atoms with van der Waals surface area (Å²) >= 11 is 0. The molecule has 3 aromatic rings. The lowest BCUT2D eigenvalue weighted by Gasteiger charge is -2.24. The summed E-state index contributed by atoms with van der Waals surface area (Å²) < 4.78 is 57.2. The van der Waals surface area contributed by atoms with Crippen LogP contribution < -0.4 is 23.8 Å². The minimum absolute atomic E-state index is 0.122. The van der Waals surface area contributed by atoms with Gasteiger partial charge in [-0.3, -0.25) is 9.10 Å². The largest absolute Gasteiger partial charge is 0.494 e. The number of carbonyl (C=O) groups excluding carboxylic acids is 1.